The molecule has 120 valence electrons. The van der Waals surface area contributed by atoms with Gasteiger partial charge in [-0.15, -0.1) is 0 Å². The summed E-state index contributed by atoms with van der Waals surface area (Å²) in [5.74, 6) is 2.39. The number of morpholine rings is 1. The van der Waals surface area contributed by atoms with Crippen LogP contribution in [0.15, 0.2) is 0 Å². The number of hydrogen-bond donors (Lipinski definition) is 0. The highest BCUT2D eigenvalue weighted by molar-refractivity contribution is 5.91. The highest BCUT2D eigenvalue weighted by atomic mass is 16.5. The molecule has 0 aromatic rings. The minimum atomic E-state index is -0.130. The number of ether oxygens (including phenoxy) is 1. The molecule has 0 radical (unpaired) electrons. The fraction of sp³-hybridized carbons (Fsp3) is 0.944. The van der Waals surface area contributed by atoms with Gasteiger partial charge >= 0.3 is 0 Å². The second-order valence-corrected chi connectivity index (χ2v) is 7.67. The molecule has 0 bridgehead atoms. The van der Waals surface area contributed by atoms with Crippen molar-refractivity contribution in [1.29, 1.82) is 0 Å². The molecule has 1 heterocycles. The minimum Gasteiger partial charge on any atom is -0.379 e. The normalized spacial score (nSPS) is 37.5. The first-order valence-electron chi connectivity index (χ1n) is 9.00. The summed E-state index contributed by atoms with van der Waals surface area (Å²) in [6, 6.07) is 0. The van der Waals surface area contributed by atoms with Gasteiger partial charge < -0.3 is 4.74 Å². The van der Waals surface area contributed by atoms with Crippen LogP contribution in [0.25, 0.3) is 0 Å². The quantitative estimate of drug-likeness (QED) is 0.800. The van der Waals surface area contributed by atoms with E-state index in [4.69, 9.17) is 4.74 Å². The van der Waals surface area contributed by atoms with Gasteiger partial charge in [-0.05, 0) is 43.9 Å². The lowest BCUT2D eigenvalue weighted by Crippen LogP contribution is -2.58. The summed E-state index contributed by atoms with van der Waals surface area (Å²) in [5.41, 5.74) is -0.130. The molecule has 3 heteroatoms. The fourth-order valence-electron chi connectivity index (χ4n) is 4.84. The number of rotatable bonds is 3. The van der Waals surface area contributed by atoms with E-state index in [-0.39, 0.29) is 5.54 Å². The third-order valence-electron chi connectivity index (χ3n) is 6.47. The molecule has 3 nitrogen and oxygen atoms in total. The Hall–Kier alpha value is -0.410. The first-order valence-corrected chi connectivity index (χ1v) is 9.00. The Morgan fingerprint density at radius 1 is 1.05 bits per heavy atom. The topological polar surface area (TPSA) is 29.5 Å². The lowest BCUT2D eigenvalue weighted by atomic mass is 9.70. The average Bonchev–Trinajstić information content (AvgIpc) is 3.01. The van der Waals surface area contributed by atoms with Crippen molar-refractivity contribution in [2.24, 2.45) is 17.8 Å². The molecule has 0 spiro atoms. The predicted molar refractivity (Wildman–Crippen MR) is 84.3 cm³/mol. The highest BCUT2D eigenvalue weighted by Gasteiger charge is 2.49. The van der Waals surface area contributed by atoms with Gasteiger partial charge in [-0.2, -0.15) is 0 Å². The smallest absolute Gasteiger partial charge is 0.156 e. The molecule has 3 atom stereocenters. The van der Waals surface area contributed by atoms with Gasteiger partial charge in [0.05, 0.1) is 18.8 Å². The van der Waals surface area contributed by atoms with E-state index in [9.17, 15) is 4.79 Å². The number of carbonyl (C=O) groups is 1. The molecule has 21 heavy (non-hydrogen) atoms. The maximum atomic E-state index is 13.4. The van der Waals surface area contributed by atoms with Crippen molar-refractivity contribution in [1.82, 2.24) is 4.90 Å². The second-order valence-electron chi connectivity index (χ2n) is 7.67. The molecule has 3 unspecified atom stereocenters. The SMILES string of the molecule is CC1CCC(C(=O)C2(N3CCOCC3)CCCC2)CC1C. The Balaban J connectivity index is 1.75. The van der Waals surface area contributed by atoms with Crippen molar-refractivity contribution < 1.29 is 9.53 Å². The van der Waals surface area contributed by atoms with E-state index in [2.05, 4.69) is 18.7 Å². The van der Waals surface area contributed by atoms with Gasteiger partial charge in [-0.3, -0.25) is 9.69 Å². The van der Waals surface area contributed by atoms with Crippen LogP contribution in [-0.2, 0) is 9.53 Å². The minimum absolute atomic E-state index is 0.130. The van der Waals surface area contributed by atoms with Crippen LogP contribution in [0.5, 0.6) is 0 Å². The van der Waals surface area contributed by atoms with Crippen molar-refractivity contribution in [3.8, 4) is 0 Å². The van der Waals surface area contributed by atoms with Crippen molar-refractivity contribution in [2.75, 3.05) is 26.3 Å². The van der Waals surface area contributed by atoms with Crippen LogP contribution in [0.2, 0.25) is 0 Å². The van der Waals surface area contributed by atoms with Crippen molar-refractivity contribution >= 4 is 5.78 Å². The molecule has 1 aliphatic heterocycles. The molecular weight excluding hydrogens is 262 g/mol. The van der Waals surface area contributed by atoms with Crippen molar-refractivity contribution in [3.05, 3.63) is 0 Å². The third kappa shape index (κ3) is 2.92. The summed E-state index contributed by atoms with van der Waals surface area (Å²) >= 11 is 0. The van der Waals surface area contributed by atoms with E-state index < -0.39 is 0 Å². The van der Waals surface area contributed by atoms with E-state index in [0.717, 1.165) is 57.9 Å². The van der Waals surface area contributed by atoms with Crippen LogP contribution < -0.4 is 0 Å². The highest BCUT2D eigenvalue weighted by Crippen LogP contribution is 2.43. The zero-order valence-corrected chi connectivity index (χ0v) is 13.8. The third-order valence-corrected chi connectivity index (χ3v) is 6.47. The Kier molecular flexibility index (Phi) is 4.70. The van der Waals surface area contributed by atoms with Gasteiger partial charge in [0.2, 0.25) is 0 Å². The van der Waals surface area contributed by atoms with Gasteiger partial charge in [0, 0.05) is 19.0 Å². The molecule has 3 aliphatic rings. The van der Waals surface area contributed by atoms with Crippen LogP contribution >= 0.6 is 0 Å². The maximum Gasteiger partial charge on any atom is 0.156 e. The Labute approximate surface area is 129 Å². The maximum absolute atomic E-state index is 13.4. The molecule has 0 amide bonds. The lowest BCUT2D eigenvalue weighted by Gasteiger charge is -2.45. The molecular formula is C18H31NO2. The molecule has 0 aromatic heterocycles. The second kappa shape index (κ2) is 6.37. The van der Waals surface area contributed by atoms with Crippen LogP contribution in [0.1, 0.15) is 58.8 Å². The van der Waals surface area contributed by atoms with Gasteiger partial charge in [-0.25, -0.2) is 0 Å². The largest absolute Gasteiger partial charge is 0.379 e. The molecule has 3 fully saturated rings. The van der Waals surface area contributed by atoms with E-state index in [1.165, 1.54) is 19.3 Å². The van der Waals surface area contributed by atoms with E-state index >= 15 is 0 Å². The summed E-state index contributed by atoms with van der Waals surface area (Å²) in [6.45, 7) is 8.17. The molecule has 3 rings (SSSR count). The van der Waals surface area contributed by atoms with Crippen LogP contribution in [0.4, 0.5) is 0 Å². The van der Waals surface area contributed by atoms with Gasteiger partial charge in [0.15, 0.2) is 5.78 Å². The first-order chi connectivity index (χ1) is 10.1. The standard InChI is InChI=1S/C18H31NO2/c1-14-5-6-16(13-15(14)2)17(20)18(7-3-4-8-18)19-9-11-21-12-10-19/h14-16H,3-13H2,1-2H3. The summed E-state index contributed by atoms with van der Waals surface area (Å²) in [4.78, 5) is 15.9. The fourth-order valence-corrected chi connectivity index (χ4v) is 4.84. The van der Waals surface area contributed by atoms with Crippen molar-refractivity contribution in [3.63, 3.8) is 0 Å². The summed E-state index contributed by atoms with van der Waals surface area (Å²) in [7, 11) is 0. The van der Waals surface area contributed by atoms with E-state index in [1.807, 2.05) is 0 Å². The van der Waals surface area contributed by atoms with Gasteiger partial charge in [-0.1, -0.05) is 26.7 Å². The summed E-state index contributed by atoms with van der Waals surface area (Å²) < 4.78 is 5.51. The summed E-state index contributed by atoms with van der Waals surface area (Å²) in [5, 5.41) is 0. The Morgan fingerprint density at radius 3 is 2.33 bits per heavy atom. The van der Waals surface area contributed by atoms with Crippen molar-refractivity contribution in [2.45, 2.75) is 64.3 Å². The van der Waals surface area contributed by atoms with E-state index in [1.54, 1.807) is 0 Å². The molecule has 1 saturated heterocycles. The first kappa shape index (κ1) is 15.5. The van der Waals surface area contributed by atoms with Gasteiger partial charge in [0.25, 0.3) is 0 Å². The molecule has 0 N–H and O–H groups in total. The lowest BCUT2D eigenvalue weighted by molar-refractivity contribution is -0.140. The Morgan fingerprint density at radius 2 is 1.71 bits per heavy atom. The number of carbonyl (C=O) groups excluding carboxylic acids is 1. The average molecular weight is 293 g/mol. The van der Waals surface area contributed by atoms with Crippen LogP contribution in [-0.4, -0.2) is 42.5 Å². The Bertz CT molecular complexity index is 369. The van der Waals surface area contributed by atoms with Gasteiger partial charge in [0.1, 0.15) is 0 Å². The zero-order valence-electron chi connectivity index (χ0n) is 13.8. The number of hydrogen-bond acceptors (Lipinski definition) is 3. The molecule has 0 aromatic carbocycles. The molecule has 2 aliphatic carbocycles. The van der Waals surface area contributed by atoms with Crippen LogP contribution in [0.3, 0.4) is 0 Å². The molecule has 2 saturated carbocycles. The predicted octanol–water partition coefficient (Wildman–Crippen LogP) is 3.27. The zero-order chi connectivity index (χ0) is 14.9. The number of Topliss-reactive ketones (excluding diaryl/α,β-unsaturated/α-hetero) is 1. The number of nitrogens with zero attached hydrogens (tertiary/aromatic N) is 1. The monoisotopic (exact) mass is 293 g/mol. The number of ketones is 1. The van der Waals surface area contributed by atoms with Crippen LogP contribution in [0, 0.1) is 17.8 Å². The van der Waals surface area contributed by atoms with E-state index in [0.29, 0.717) is 17.6 Å². The summed E-state index contributed by atoms with van der Waals surface area (Å²) in [6.07, 6.45) is 8.10.